The Morgan fingerprint density at radius 3 is 2.42 bits per heavy atom. The van der Waals surface area contributed by atoms with Crippen LogP contribution >= 0.6 is 0 Å². The molecule has 3 aliphatic heterocycles. The zero-order chi connectivity index (χ0) is 24.8. The van der Waals surface area contributed by atoms with E-state index in [2.05, 4.69) is 64.6 Å². The molecule has 0 aliphatic carbocycles. The maximum absolute atomic E-state index is 13.3. The number of nitrogens with one attached hydrogen (secondary N) is 1. The Morgan fingerprint density at radius 1 is 0.917 bits per heavy atom. The van der Waals surface area contributed by atoms with Crippen LogP contribution in [-0.2, 0) is 6.54 Å². The molecule has 3 aromatic carbocycles. The van der Waals surface area contributed by atoms with Crippen LogP contribution < -0.4 is 24.8 Å². The van der Waals surface area contributed by atoms with Crippen LogP contribution in [0.3, 0.4) is 0 Å². The fourth-order valence-electron chi connectivity index (χ4n) is 5.66. The molecular formula is C30H34N4O2. The number of fused-ring (bicyclic) bond motifs is 2. The second kappa shape index (κ2) is 9.08. The van der Waals surface area contributed by atoms with Crippen molar-refractivity contribution in [1.29, 1.82) is 0 Å². The molecule has 3 aliphatic rings. The molecule has 3 aromatic rings. The molecule has 0 saturated carbocycles. The predicted molar refractivity (Wildman–Crippen MR) is 146 cm³/mol. The molecule has 186 valence electrons. The second-order valence-electron chi connectivity index (χ2n) is 10.4. The van der Waals surface area contributed by atoms with E-state index in [9.17, 15) is 4.79 Å². The molecular weight excluding hydrogens is 448 g/mol. The van der Waals surface area contributed by atoms with Gasteiger partial charge in [0.25, 0.3) is 5.91 Å². The van der Waals surface area contributed by atoms with Crippen molar-refractivity contribution < 1.29 is 9.53 Å². The van der Waals surface area contributed by atoms with Crippen LogP contribution in [-0.4, -0.2) is 32.1 Å². The first-order chi connectivity index (χ1) is 17.5. The summed E-state index contributed by atoms with van der Waals surface area (Å²) in [6.07, 6.45) is 3.99. The minimum absolute atomic E-state index is 0.0296. The number of hydrogen-bond acceptors (Lipinski definition) is 5. The van der Waals surface area contributed by atoms with Crippen LogP contribution in [0.5, 0.6) is 5.75 Å². The number of amides is 1. The highest BCUT2D eigenvalue weighted by Crippen LogP contribution is 2.43. The molecule has 0 spiro atoms. The summed E-state index contributed by atoms with van der Waals surface area (Å²) < 4.78 is 5.80. The van der Waals surface area contributed by atoms with Gasteiger partial charge < -0.3 is 24.8 Å². The lowest BCUT2D eigenvalue weighted by Crippen LogP contribution is -2.29. The lowest BCUT2D eigenvalue weighted by Gasteiger charge is -2.29. The Hall–Kier alpha value is -3.67. The van der Waals surface area contributed by atoms with Gasteiger partial charge in [0.05, 0.1) is 24.0 Å². The third kappa shape index (κ3) is 4.04. The third-order valence-corrected chi connectivity index (χ3v) is 7.53. The summed E-state index contributed by atoms with van der Waals surface area (Å²) in [6.45, 7) is 6.90. The number of hydrogen-bond donors (Lipinski definition) is 1. The zero-order valence-corrected chi connectivity index (χ0v) is 21.3. The van der Waals surface area contributed by atoms with Gasteiger partial charge >= 0.3 is 0 Å². The zero-order valence-electron chi connectivity index (χ0n) is 21.3. The maximum atomic E-state index is 13.3. The van der Waals surface area contributed by atoms with E-state index in [1.165, 1.54) is 30.5 Å². The van der Waals surface area contributed by atoms with Crippen molar-refractivity contribution >= 4 is 28.7 Å². The highest BCUT2D eigenvalue weighted by Gasteiger charge is 2.32. The van der Waals surface area contributed by atoms with Crippen molar-refractivity contribution in [2.75, 3.05) is 40.2 Å². The van der Waals surface area contributed by atoms with Gasteiger partial charge in [-0.05, 0) is 92.8 Å². The van der Waals surface area contributed by atoms with Gasteiger partial charge in [0.1, 0.15) is 11.9 Å². The summed E-state index contributed by atoms with van der Waals surface area (Å²) in [4.78, 5) is 19.9. The van der Waals surface area contributed by atoms with Gasteiger partial charge in [0.2, 0.25) is 0 Å². The van der Waals surface area contributed by atoms with Gasteiger partial charge in [-0.15, -0.1) is 0 Å². The summed E-state index contributed by atoms with van der Waals surface area (Å²) in [5.41, 5.74) is 7.46. The van der Waals surface area contributed by atoms with E-state index in [1.807, 2.05) is 36.9 Å². The molecule has 1 fully saturated rings. The molecule has 1 atom stereocenters. The average Bonchev–Trinajstić information content (AvgIpc) is 3.40. The molecule has 36 heavy (non-hydrogen) atoms. The average molecular weight is 483 g/mol. The SMILES string of the molecule is CC(C)Oc1ccc(C2Nc3ccc(N4Cc5cc(N6CCCCC6)ccc5C4=O)cc3N2C)cc1. The van der Waals surface area contributed by atoms with Crippen molar-refractivity contribution in [1.82, 2.24) is 0 Å². The van der Waals surface area contributed by atoms with E-state index < -0.39 is 0 Å². The van der Waals surface area contributed by atoms with Crippen LogP contribution in [0.25, 0.3) is 0 Å². The Balaban J connectivity index is 1.21. The monoisotopic (exact) mass is 482 g/mol. The fraction of sp³-hybridized carbons (Fsp3) is 0.367. The number of carbonyl (C=O) groups is 1. The van der Waals surface area contributed by atoms with Crippen LogP contribution in [0.2, 0.25) is 0 Å². The Bertz CT molecular complexity index is 1280. The van der Waals surface area contributed by atoms with Gasteiger partial charge in [-0.3, -0.25) is 4.79 Å². The van der Waals surface area contributed by atoms with Crippen LogP contribution in [0.4, 0.5) is 22.7 Å². The number of rotatable bonds is 5. The van der Waals surface area contributed by atoms with Crippen molar-refractivity contribution in [3.05, 3.63) is 77.4 Å². The number of carbonyl (C=O) groups excluding carboxylic acids is 1. The summed E-state index contributed by atoms with van der Waals surface area (Å²) in [5.74, 6) is 0.964. The fourth-order valence-corrected chi connectivity index (χ4v) is 5.66. The molecule has 6 heteroatoms. The standard InChI is InChI=1S/C30H34N4O2/c1-20(2)36-25-11-7-21(8-12-25)29-31-27-14-10-24(18-28(27)32(29)3)34-19-22-17-23(9-13-26(22)30(34)35)33-15-5-4-6-16-33/h7-14,17-18,20,29,31H,4-6,15-16,19H2,1-3H3. The first kappa shape index (κ1) is 22.8. The van der Waals surface area contributed by atoms with Crippen molar-refractivity contribution in [3.8, 4) is 5.75 Å². The molecule has 0 aromatic heterocycles. The van der Waals surface area contributed by atoms with Crippen LogP contribution in [0, 0.1) is 0 Å². The number of anilines is 4. The summed E-state index contributed by atoms with van der Waals surface area (Å²) in [7, 11) is 2.09. The highest BCUT2D eigenvalue weighted by molar-refractivity contribution is 6.10. The Morgan fingerprint density at radius 2 is 1.67 bits per heavy atom. The molecule has 1 N–H and O–H groups in total. The van der Waals surface area contributed by atoms with Gasteiger partial charge in [0, 0.05) is 37.1 Å². The topological polar surface area (TPSA) is 48.1 Å². The minimum Gasteiger partial charge on any atom is -0.491 e. The Kier molecular flexibility index (Phi) is 5.75. The molecule has 0 bridgehead atoms. The smallest absolute Gasteiger partial charge is 0.258 e. The molecule has 1 saturated heterocycles. The lowest BCUT2D eigenvalue weighted by atomic mass is 10.1. The minimum atomic E-state index is 0.0296. The van der Waals surface area contributed by atoms with Gasteiger partial charge in [-0.2, -0.15) is 0 Å². The first-order valence-electron chi connectivity index (χ1n) is 13.1. The highest BCUT2D eigenvalue weighted by atomic mass is 16.5. The Labute approximate surface area is 213 Å². The van der Waals surface area contributed by atoms with Crippen molar-refractivity contribution in [2.45, 2.75) is 51.9 Å². The number of nitrogens with zero attached hydrogens (tertiary/aromatic N) is 3. The van der Waals surface area contributed by atoms with Gasteiger partial charge in [-0.1, -0.05) is 12.1 Å². The largest absolute Gasteiger partial charge is 0.491 e. The van der Waals surface area contributed by atoms with E-state index in [0.29, 0.717) is 6.54 Å². The molecule has 0 radical (unpaired) electrons. The molecule has 3 heterocycles. The van der Waals surface area contributed by atoms with E-state index in [0.717, 1.165) is 47.0 Å². The van der Waals surface area contributed by atoms with Gasteiger partial charge in [0.15, 0.2) is 0 Å². The molecule has 1 unspecified atom stereocenters. The van der Waals surface area contributed by atoms with E-state index in [4.69, 9.17) is 4.74 Å². The number of ether oxygens (including phenoxy) is 1. The molecule has 1 amide bonds. The number of piperidine rings is 1. The quantitative estimate of drug-likeness (QED) is 0.470. The van der Waals surface area contributed by atoms with Gasteiger partial charge in [-0.25, -0.2) is 0 Å². The summed E-state index contributed by atoms with van der Waals surface area (Å²) in [6, 6.07) is 20.9. The van der Waals surface area contributed by atoms with E-state index >= 15 is 0 Å². The van der Waals surface area contributed by atoms with Crippen LogP contribution in [0.1, 0.15) is 60.8 Å². The lowest BCUT2D eigenvalue weighted by molar-refractivity contribution is 0.0996. The second-order valence-corrected chi connectivity index (χ2v) is 10.4. The van der Waals surface area contributed by atoms with Crippen LogP contribution in [0.15, 0.2) is 60.7 Å². The summed E-state index contributed by atoms with van der Waals surface area (Å²) in [5, 5.41) is 3.63. The predicted octanol–water partition coefficient (Wildman–Crippen LogP) is 6.19. The maximum Gasteiger partial charge on any atom is 0.258 e. The van der Waals surface area contributed by atoms with E-state index in [1.54, 1.807) is 0 Å². The molecule has 6 nitrogen and oxygen atoms in total. The summed E-state index contributed by atoms with van der Waals surface area (Å²) >= 11 is 0. The molecule has 6 rings (SSSR count). The van der Waals surface area contributed by atoms with Crippen molar-refractivity contribution in [3.63, 3.8) is 0 Å². The normalized spacial score (nSPS) is 18.9. The number of benzene rings is 3. The van der Waals surface area contributed by atoms with E-state index in [-0.39, 0.29) is 18.2 Å². The third-order valence-electron chi connectivity index (χ3n) is 7.53. The first-order valence-corrected chi connectivity index (χ1v) is 13.1. The van der Waals surface area contributed by atoms with Crippen molar-refractivity contribution in [2.24, 2.45) is 0 Å².